The highest BCUT2D eigenvalue weighted by Crippen LogP contribution is 2.34. The van der Waals surface area contributed by atoms with Crippen LogP contribution in [0, 0.1) is 17.1 Å². The fraction of sp³-hybridized carbons (Fsp3) is 0.192. The summed E-state index contributed by atoms with van der Waals surface area (Å²) in [4.78, 5) is 31.2. The van der Waals surface area contributed by atoms with Gasteiger partial charge in [-0.05, 0) is 48.5 Å². The second kappa shape index (κ2) is 10.9. The second-order valence-corrected chi connectivity index (χ2v) is 8.66. The van der Waals surface area contributed by atoms with Gasteiger partial charge in [0.25, 0.3) is 5.91 Å². The monoisotopic (exact) mass is 541 g/mol. The van der Waals surface area contributed by atoms with Gasteiger partial charge in [-0.1, -0.05) is 30.3 Å². The number of alkyl halides is 3. The number of anilines is 2. The first-order valence-electron chi connectivity index (χ1n) is 11.3. The Kier molecular flexibility index (Phi) is 7.68. The van der Waals surface area contributed by atoms with Crippen molar-refractivity contribution in [1.82, 2.24) is 10.3 Å². The van der Waals surface area contributed by atoms with Crippen molar-refractivity contribution in [2.45, 2.75) is 25.6 Å². The average molecular weight is 542 g/mol. The maximum Gasteiger partial charge on any atom is 0.419 e. The molecule has 4 rings (SSSR count). The van der Waals surface area contributed by atoms with Crippen LogP contribution in [0.4, 0.5) is 28.9 Å². The van der Waals surface area contributed by atoms with E-state index in [2.05, 4.69) is 10.3 Å². The maximum atomic E-state index is 15.0. The summed E-state index contributed by atoms with van der Waals surface area (Å²) in [6, 6.07) is 14.9. The number of benzene rings is 2. The van der Waals surface area contributed by atoms with Gasteiger partial charge in [-0.25, -0.2) is 9.37 Å². The van der Waals surface area contributed by atoms with E-state index in [1.54, 1.807) is 0 Å². The molecular formula is C26H19F4N5O2S. The molecule has 0 radical (unpaired) electrons. The van der Waals surface area contributed by atoms with E-state index in [1.165, 1.54) is 23.1 Å². The number of hydrogen-bond acceptors (Lipinski definition) is 5. The number of nitriles is 1. The summed E-state index contributed by atoms with van der Waals surface area (Å²) < 4.78 is 55.5. The molecule has 1 saturated heterocycles. The molecule has 2 heterocycles. The number of nitrogens with one attached hydrogen (secondary N) is 1. The zero-order valence-electron chi connectivity index (χ0n) is 19.6. The predicted octanol–water partition coefficient (Wildman–Crippen LogP) is 4.96. The normalized spacial score (nSPS) is 14.2. The third kappa shape index (κ3) is 5.63. The van der Waals surface area contributed by atoms with E-state index in [9.17, 15) is 27.2 Å². The molecular weight excluding hydrogens is 522 g/mol. The van der Waals surface area contributed by atoms with Gasteiger partial charge in [0.2, 0.25) is 5.91 Å². The molecule has 3 aromatic rings. The minimum Gasteiger partial charge on any atom is -0.348 e. The molecule has 38 heavy (non-hydrogen) atoms. The number of hydrogen-bond donors (Lipinski definition) is 1. The van der Waals surface area contributed by atoms with E-state index in [1.807, 2.05) is 30.3 Å². The van der Waals surface area contributed by atoms with Gasteiger partial charge in [-0.3, -0.25) is 14.5 Å². The van der Waals surface area contributed by atoms with Crippen LogP contribution in [0.3, 0.4) is 0 Å². The van der Waals surface area contributed by atoms with Crippen molar-refractivity contribution in [3.8, 4) is 6.07 Å². The molecule has 0 saturated carbocycles. The minimum absolute atomic E-state index is 0.0412. The molecule has 7 nitrogen and oxygen atoms in total. The molecule has 0 unspecified atom stereocenters. The number of carbonyl (C=O) groups excluding carboxylic acids is 2. The van der Waals surface area contributed by atoms with Gasteiger partial charge >= 0.3 is 6.18 Å². The smallest absolute Gasteiger partial charge is 0.348 e. The first kappa shape index (κ1) is 26.7. The average Bonchev–Trinajstić information content (AvgIpc) is 3.04. The Morgan fingerprint density at radius 1 is 1.13 bits per heavy atom. The first-order valence-corrected chi connectivity index (χ1v) is 11.7. The Morgan fingerprint density at radius 3 is 2.53 bits per heavy atom. The quantitative estimate of drug-likeness (QED) is 0.363. The molecule has 2 amide bonds. The van der Waals surface area contributed by atoms with Crippen molar-refractivity contribution >= 4 is 40.5 Å². The number of halogens is 4. The topological polar surface area (TPSA) is 89.3 Å². The van der Waals surface area contributed by atoms with Crippen molar-refractivity contribution < 1.29 is 27.2 Å². The molecule has 0 aliphatic carbocycles. The lowest BCUT2D eigenvalue weighted by Gasteiger charge is -2.30. The molecule has 0 bridgehead atoms. The lowest BCUT2D eigenvalue weighted by atomic mass is 10.1. The highest BCUT2D eigenvalue weighted by atomic mass is 32.1. The summed E-state index contributed by atoms with van der Waals surface area (Å²) >= 11 is 5.45. The Labute approximate surface area is 220 Å². The predicted molar refractivity (Wildman–Crippen MR) is 135 cm³/mol. The third-order valence-corrected chi connectivity index (χ3v) is 6.19. The number of aromatic nitrogens is 1. The zero-order chi connectivity index (χ0) is 27.4. The maximum absolute atomic E-state index is 15.0. The van der Waals surface area contributed by atoms with Crippen LogP contribution in [0.1, 0.15) is 40.0 Å². The fourth-order valence-corrected chi connectivity index (χ4v) is 4.33. The van der Waals surface area contributed by atoms with E-state index in [0.717, 1.165) is 22.7 Å². The van der Waals surface area contributed by atoms with Crippen molar-refractivity contribution in [1.29, 1.82) is 5.26 Å². The largest absolute Gasteiger partial charge is 0.419 e. The van der Waals surface area contributed by atoms with E-state index < -0.39 is 35.1 Å². The molecule has 194 valence electrons. The molecule has 1 N–H and O–H groups in total. The summed E-state index contributed by atoms with van der Waals surface area (Å²) in [6.07, 6.45) is -3.68. The molecule has 1 aromatic heterocycles. The molecule has 1 fully saturated rings. The third-order valence-electron chi connectivity index (χ3n) is 5.79. The molecule has 2 aromatic carbocycles. The van der Waals surface area contributed by atoms with Crippen LogP contribution >= 0.6 is 12.2 Å². The summed E-state index contributed by atoms with van der Waals surface area (Å²) in [5, 5.41) is 11.5. The van der Waals surface area contributed by atoms with Gasteiger partial charge in [0.15, 0.2) is 10.8 Å². The van der Waals surface area contributed by atoms with Crippen LogP contribution in [0.2, 0.25) is 0 Å². The number of amides is 2. The Hall–Kier alpha value is -4.37. The SMILES string of the molecule is N#Cc1ncc(N2C(=O)CCCN(c3ccc(C(=O)NCc4ccccc4)c(F)c3)C2=S)cc1C(F)(F)F. The van der Waals surface area contributed by atoms with Crippen LogP contribution in [-0.4, -0.2) is 28.5 Å². The highest BCUT2D eigenvalue weighted by molar-refractivity contribution is 7.81. The van der Waals surface area contributed by atoms with Crippen molar-refractivity contribution in [2.75, 3.05) is 16.3 Å². The number of carbonyl (C=O) groups is 2. The van der Waals surface area contributed by atoms with Crippen LogP contribution in [0.5, 0.6) is 0 Å². The fourth-order valence-electron chi connectivity index (χ4n) is 3.93. The van der Waals surface area contributed by atoms with Gasteiger partial charge in [0.1, 0.15) is 11.9 Å². The van der Waals surface area contributed by atoms with Crippen LogP contribution < -0.4 is 15.1 Å². The van der Waals surface area contributed by atoms with E-state index in [-0.39, 0.29) is 48.0 Å². The van der Waals surface area contributed by atoms with Crippen molar-refractivity contribution in [3.63, 3.8) is 0 Å². The second-order valence-electron chi connectivity index (χ2n) is 8.30. The van der Waals surface area contributed by atoms with Gasteiger partial charge in [-0.2, -0.15) is 18.4 Å². The number of rotatable bonds is 5. The molecule has 1 aliphatic heterocycles. The number of pyridine rings is 1. The van der Waals surface area contributed by atoms with E-state index >= 15 is 0 Å². The molecule has 0 spiro atoms. The van der Waals surface area contributed by atoms with Gasteiger partial charge < -0.3 is 10.2 Å². The highest BCUT2D eigenvalue weighted by Gasteiger charge is 2.37. The number of thiocarbonyl (C=S) groups is 1. The Bertz CT molecular complexity index is 1440. The first-order chi connectivity index (χ1) is 18.1. The van der Waals surface area contributed by atoms with Gasteiger partial charge in [-0.15, -0.1) is 0 Å². The Morgan fingerprint density at radius 2 is 1.87 bits per heavy atom. The van der Waals surface area contributed by atoms with E-state index in [4.69, 9.17) is 17.5 Å². The van der Waals surface area contributed by atoms with E-state index in [0.29, 0.717) is 6.07 Å². The standard InChI is InChI=1S/C26H19F4N5O2S/c27-21-12-17(8-9-19(21)24(37)33-14-16-5-2-1-3-6-16)34-10-4-7-23(36)35(25(34)38)18-11-20(26(28,29)30)22(13-31)32-15-18/h1-3,5-6,8-9,11-12,15H,4,7,10,14H2,(H,33,37). The number of nitrogens with zero attached hydrogens (tertiary/aromatic N) is 4. The van der Waals surface area contributed by atoms with Crippen LogP contribution in [-0.2, 0) is 17.5 Å². The minimum atomic E-state index is -4.88. The summed E-state index contributed by atoms with van der Waals surface area (Å²) in [6.45, 7) is 0.378. The lowest BCUT2D eigenvalue weighted by Crippen LogP contribution is -2.44. The summed E-state index contributed by atoms with van der Waals surface area (Å²) in [5.41, 5.74) is -1.57. The van der Waals surface area contributed by atoms with Gasteiger partial charge in [0, 0.05) is 25.2 Å². The molecule has 0 atom stereocenters. The summed E-state index contributed by atoms with van der Waals surface area (Å²) in [7, 11) is 0. The van der Waals surface area contributed by atoms with Crippen molar-refractivity contribution in [2.24, 2.45) is 0 Å². The van der Waals surface area contributed by atoms with Crippen molar-refractivity contribution in [3.05, 3.63) is 89.0 Å². The van der Waals surface area contributed by atoms with Gasteiger partial charge in [0.05, 0.1) is 23.0 Å². The lowest BCUT2D eigenvalue weighted by molar-refractivity contribution is -0.138. The molecule has 1 aliphatic rings. The van der Waals surface area contributed by atoms with Crippen LogP contribution in [0.25, 0.3) is 0 Å². The summed E-state index contributed by atoms with van der Waals surface area (Å²) in [5.74, 6) is -2.04. The zero-order valence-corrected chi connectivity index (χ0v) is 20.4. The molecule has 12 heteroatoms. The Balaban J connectivity index is 1.60. The van der Waals surface area contributed by atoms with Crippen LogP contribution in [0.15, 0.2) is 60.8 Å².